The quantitative estimate of drug-likeness (QED) is 0.495. The van der Waals surface area contributed by atoms with Crippen molar-refractivity contribution in [1.82, 2.24) is 19.5 Å². The van der Waals surface area contributed by atoms with Crippen molar-refractivity contribution < 1.29 is 20.1 Å². The Bertz CT molecular complexity index is 934. The first-order chi connectivity index (χ1) is 13.6. The number of benzene rings is 1. The Morgan fingerprint density at radius 2 is 1.93 bits per heavy atom. The smallest absolute Gasteiger partial charge is 0.167 e. The van der Waals surface area contributed by atoms with Crippen LogP contribution >= 0.6 is 0 Å². The van der Waals surface area contributed by atoms with Gasteiger partial charge in [0.25, 0.3) is 0 Å². The van der Waals surface area contributed by atoms with Crippen molar-refractivity contribution in [2.45, 2.75) is 43.9 Å². The van der Waals surface area contributed by atoms with Gasteiger partial charge in [-0.15, -0.1) is 0 Å². The molecule has 0 radical (unpaired) electrons. The van der Waals surface area contributed by atoms with Crippen LogP contribution in [0, 0.1) is 0 Å². The van der Waals surface area contributed by atoms with E-state index in [0.717, 1.165) is 12.0 Å². The predicted octanol–water partition coefficient (Wildman–Crippen LogP) is 1.00. The average Bonchev–Trinajstić information content (AvgIpc) is 3.28. The van der Waals surface area contributed by atoms with E-state index in [1.165, 1.54) is 12.7 Å². The van der Waals surface area contributed by atoms with Crippen LogP contribution in [0.5, 0.6) is 0 Å². The number of hydrogen-bond donors (Lipinski definition) is 4. The third kappa shape index (κ3) is 3.22. The van der Waals surface area contributed by atoms with Gasteiger partial charge in [-0.25, -0.2) is 15.0 Å². The van der Waals surface area contributed by atoms with Gasteiger partial charge in [-0.2, -0.15) is 0 Å². The molecule has 3 heterocycles. The number of hydrogen-bond acceptors (Lipinski definition) is 8. The Balaban J connectivity index is 1.66. The van der Waals surface area contributed by atoms with Crippen LogP contribution < -0.4 is 5.32 Å². The van der Waals surface area contributed by atoms with Crippen LogP contribution in [-0.2, 0) is 4.74 Å². The van der Waals surface area contributed by atoms with Gasteiger partial charge in [0.2, 0.25) is 0 Å². The normalized spacial score (nSPS) is 25.9. The molecule has 1 aliphatic rings. The summed E-state index contributed by atoms with van der Waals surface area (Å²) in [5.74, 6) is 0.575. The van der Waals surface area contributed by atoms with Crippen molar-refractivity contribution in [2.75, 3.05) is 11.9 Å². The van der Waals surface area contributed by atoms with Crippen LogP contribution in [-0.4, -0.2) is 59.8 Å². The van der Waals surface area contributed by atoms with E-state index < -0.39 is 31.1 Å². The van der Waals surface area contributed by atoms with E-state index in [0.29, 0.717) is 17.0 Å². The highest BCUT2D eigenvalue weighted by molar-refractivity contribution is 5.83. The number of rotatable bonds is 6. The predicted molar refractivity (Wildman–Crippen MR) is 101 cm³/mol. The summed E-state index contributed by atoms with van der Waals surface area (Å²) >= 11 is 0. The average molecular weight is 385 g/mol. The van der Waals surface area contributed by atoms with Gasteiger partial charge in [-0.3, -0.25) is 4.57 Å². The molecule has 0 spiro atoms. The summed E-state index contributed by atoms with van der Waals surface area (Å²) < 4.78 is 7.14. The van der Waals surface area contributed by atoms with Gasteiger partial charge < -0.3 is 25.4 Å². The van der Waals surface area contributed by atoms with E-state index in [4.69, 9.17) is 4.74 Å². The van der Waals surface area contributed by atoms with Crippen molar-refractivity contribution in [3.8, 4) is 0 Å². The topological polar surface area (TPSA) is 126 Å². The van der Waals surface area contributed by atoms with Gasteiger partial charge in [-0.1, -0.05) is 37.3 Å². The minimum atomic E-state index is -1.20. The summed E-state index contributed by atoms with van der Waals surface area (Å²) in [6.07, 6.45) is -0.375. The molecular formula is C19H23N5O4. The molecule has 1 fully saturated rings. The lowest BCUT2D eigenvalue weighted by Crippen LogP contribution is -2.33. The number of nitrogens with zero attached hydrogens (tertiary/aromatic N) is 4. The van der Waals surface area contributed by atoms with Crippen LogP contribution in [0.1, 0.15) is 31.2 Å². The summed E-state index contributed by atoms with van der Waals surface area (Å²) in [7, 11) is 0. The Labute approximate surface area is 161 Å². The lowest BCUT2D eigenvalue weighted by atomic mass is 10.0. The zero-order valence-electron chi connectivity index (χ0n) is 15.4. The highest BCUT2D eigenvalue weighted by Gasteiger charge is 2.44. The maximum atomic E-state index is 10.3. The number of aromatic nitrogens is 4. The Morgan fingerprint density at radius 1 is 1.14 bits per heavy atom. The molecule has 1 aromatic carbocycles. The minimum absolute atomic E-state index is 0.0540. The molecule has 148 valence electrons. The van der Waals surface area contributed by atoms with Gasteiger partial charge in [0, 0.05) is 0 Å². The molecule has 0 saturated carbocycles. The molecule has 5 atom stereocenters. The van der Waals surface area contributed by atoms with Crippen LogP contribution in [0.2, 0.25) is 0 Å². The van der Waals surface area contributed by atoms with Crippen molar-refractivity contribution in [1.29, 1.82) is 0 Å². The van der Waals surface area contributed by atoms with E-state index in [1.54, 1.807) is 4.57 Å². The summed E-state index contributed by atoms with van der Waals surface area (Å²) in [5, 5.41) is 33.0. The molecule has 0 amide bonds. The first-order valence-electron chi connectivity index (χ1n) is 9.25. The molecule has 0 aliphatic carbocycles. The van der Waals surface area contributed by atoms with Crippen LogP contribution in [0.3, 0.4) is 0 Å². The van der Waals surface area contributed by atoms with E-state index in [-0.39, 0.29) is 6.04 Å². The molecule has 9 heteroatoms. The molecule has 1 saturated heterocycles. The summed E-state index contributed by atoms with van der Waals surface area (Å²) in [5.41, 5.74) is 2.14. The lowest BCUT2D eigenvalue weighted by Gasteiger charge is -2.19. The molecule has 1 aliphatic heterocycles. The number of aliphatic hydroxyl groups is 3. The SMILES string of the molecule is CC[C@H](Nc1ncnc2c1ncn2C1OC(CO)C(O)C1O)c1ccccc1. The second-order valence-electron chi connectivity index (χ2n) is 6.79. The second-order valence-corrected chi connectivity index (χ2v) is 6.79. The van der Waals surface area contributed by atoms with E-state index in [2.05, 4.69) is 39.3 Å². The standard InChI is InChI=1S/C19H23N5O4/c1-2-12(11-6-4-3-5-7-11)23-17-14-18(21-9-20-17)24(10-22-14)19-16(27)15(26)13(8-25)28-19/h3-7,9-10,12-13,15-16,19,25-27H,2,8H2,1H3,(H,20,21,23)/t12-,13?,15?,16?,19?/m0/s1. The van der Waals surface area contributed by atoms with Gasteiger partial charge in [-0.05, 0) is 12.0 Å². The van der Waals surface area contributed by atoms with Gasteiger partial charge in [0.05, 0.1) is 19.0 Å². The molecule has 4 rings (SSSR count). The zero-order chi connectivity index (χ0) is 19.7. The fraction of sp³-hybridized carbons (Fsp3) is 0.421. The maximum Gasteiger partial charge on any atom is 0.167 e. The Hall–Kier alpha value is -2.59. The van der Waals surface area contributed by atoms with Crippen molar-refractivity contribution in [3.05, 3.63) is 48.5 Å². The number of ether oxygens (including phenoxy) is 1. The molecule has 28 heavy (non-hydrogen) atoms. The number of nitrogens with one attached hydrogen (secondary N) is 1. The molecule has 3 aromatic rings. The molecule has 0 bridgehead atoms. The third-order valence-corrected chi connectivity index (χ3v) is 5.07. The maximum absolute atomic E-state index is 10.3. The summed E-state index contributed by atoms with van der Waals surface area (Å²) in [6.45, 7) is 1.69. The monoisotopic (exact) mass is 385 g/mol. The second kappa shape index (κ2) is 7.80. The first-order valence-corrected chi connectivity index (χ1v) is 9.25. The van der Waals surface area contributed by atoms with Gasteiger partial charge in [0.1, 0.15) is 24.6 Å². The van der Waals surface area contributed by atoms with Gasteiger partial charge in [0.15, 0.2) is 23.2 Å². The number of fused-ring (bicyclic) bond motifs is 1. The highest BCUT2D eigenvalue weighted by Crippen LogP contribution is 2.32. The first kappa shape index (κ1) is 18.8. The Kier molecular flexibility index (Phi) is 5.23. The number of anilines is 1. The number of imidazole rings is 1. The largest absolute Gasteiger partial charge is 0.394 e. The van der Waals surface area contributed by atoms with Crippen LogP contribution in [0.4, 0.5) is 5.82 Å². The molecule has 4 N–H and O–H groups in total. The van der Waals surface area contributed by atoms with Crippen LogP contribution in [0.15, 0.2) is 43.0 Å². The molecule has 2 aromatic heterocycles. The Morgan fingerprint density at radius 3 is 2.61 bits per heavy atom. The summed E-state index contributed by atoms with van der Waals surface area (Å²) in [6, 6.07) is 10.1. The molecular weight excluding hydrogens is 362 g/mol. The zero-order valence-corrected chi connectivity index (χ0v) is 15.4. The van der Waals surface area contributed by atoms with E-state index in [9.17, 15) is 15.3 Å². The van der Waals surface area contributed by atoms with Crippen LogP contribution in [0.25, 0.3) is 11.2 Å². The summed E-state index contributed by atoms with van der Waals surface area (Å²) in [4.78, 5) is 13.0. The molecule has 9 nitrogen and oxygen atoms in total. The van der Waals surface area contributed by atoms with Crippen molar-refractivity contribution in [3.63, 3.8) is 0 Å². The highest BCUT2D eigenvalue weighted by atomic mass is 16.6. The minimum Gasteiger partial charge on any atom is -0.394 e. The molecule has 4 unspecified atom stereocenters. The fourth-order valence-electron chi connectivity index (χ4n) is 3.53. The lowest BCUT2D eigenvalue weighted by molar-refractivity contribution is -0.0511. The van der Waals surface area contributed by atoms with Crippen molar-refractivity contribution in [2.24, 2.45) is 0 Å². The van der Waals surface area contributed by atoms with E-state index >= 15 is 0 Å². The van der Waals surface area contributed by atoms with Gasteiger partial charge >= 0.3 is 0 Å². The number of aliphatic hydroxyl groups excluding tert-OH is 3. The third-order valence-electron chi connectivity index (χ3n) is 5.07. The van der Waals surface area contributed by atoms with E-state index in [1.807, 2.05) is 18.2 Å². The van der Waals surface area contributed by atoms with Crippen molar-refractivity contribution >= 4 is 17.0 Å². The fourth-order valence-corrected chi connectivity index (χ4v) is 3.53.